The van der Waals surface area contributed by atoms with Gasteiger partial charge in [-0.3, -0.25) is 0 Å². The summed E-state index contributed by atoms with van der Waals surface area (Å²) in [6.45, 7) is 2.01. The van der Waals surface area contributed by atoms with E-state index in [0.717, 1.165) is 22.5 Å². The van der Waals surface area contributed by atoms with Crippen LogP contribution in [0.3, 0.4) is 0 Å². The Morgan fingerprint density at radius 2 is 1.95 bits per heavy atom. The molecule has 0 aliphatic rings. The fraction of sp³-hybridized carbons (Fsp3) is 0.118. The largest absolute Gasteiger partial charge is 0.379 e. The van der Waals surface area contributed by atoms with Gasteiger partial charge in [-0.1, -0.05) is 24.3 Å². The molecule has 1 heterocycles. The first-order valence-corrected chi connectivity index (χ1v) is 6.83. The number of hydrogen-bond acceptors (Lipinski definition) is 2. The fourth-order valence-corrected chi connectivity index (χ4v) is 2.27. The Balaban J connectivity index is 1.73. The summed E-state index contributed by atoms with van der Waals surface area (Å²) in [6, 6.07) is 14.7. The van der Waals surface area contributed by atoms with Crippen LogP contribution in [0.25, 0.3) is 11.3 Å². The second-order valence-corrected chi connectivity index (χ2v) is 4.96. The van der Waals surface area contributed by atoms with Crippen molar-refractivity contribution in [2.24, 2.45) is 0 Å². The van der Waals surface area contributed by atoms with Crippen molar-refractivity contribution in [3.63, 3.8) is 0 Å². The molecule has 0 fully saturated rings. The number of aromatic amines is 1. The van der Waals surface area contributed by atoms with Crippen LogP contribution in [0.1, 0.15) is 18.5 Å². The highest BCUT2D eigenvalue weighted by Gasteiger charge is 2.06. The van der Waals surface area contributed by atoms with Crippen LogP contribution in [0.15, 0.2) is 61.1 Å². The average Bonchev–Trinajstić information content (AvgIpc) is 3.02. The number of imidazole rings is 1. The van der Waals surface area contributed by atoms with E-state index in [9.17, 15) is 4.39 Å². The van der Waals surface area contributed by atoms with Crippen LogP contribution in [-0.2, 0) is 0 Å². The van der Waals surface area contributed by atoms with E-state index in [1.807, 2.05) is 37.3 Å². The maximum Gasteiger partial charge on any atom is 0.123 e. The Morgan fingerprint density at radius 1 is 1.14 bits per heavy atom. The van der Waals surface area contributed by atoms with Crippen LogP contribution in [-0.4, -0.2) is 9.97 Å². The van der Waals surface area contributed by atoms with Gasteiger partial charge < -0.3 is 10.3 Å². The number of rotatable bonds is 4. The molecule has 0 spiro atoms. The zero-order chi connectivity index (χ0) is 14.7. The lowest BCUT2D eigenvalue weighted by Crippen LogP contribution is -2.06. The lowest BCUT2D eigenvalue weighted by Gasteiger charge is -2.16. The number of H-pyrrole nitrogens is 1. The molecule has 2 N–H and O–H groups in total. The molecule has 106 valence electrons. The minimum absolute atomic E-state index is 0.0405. The van der Waals surface area contributed by atoms with Gasteiger partial charge in [0.05, 0.1) is 18.2 Å². The van der Waals surface area contributed by atoms with E-state index >= 15 is 0 Å². The number of nitrogens with zero attached hydrogens (tertiary/aromatic N) is 1. The molecule has 0 bridgehead atoms. The van der Waals surface area contributed by atoms with Crippen molar-refractivity contribution in [3.8, 4) is 11.3 Å². The van der Waals surface area contributed by atoms with Crippen molar-refractivity contribution in [1.29, 1.82) is 0 Å². The van der Waals surface area contributed by atoms with E-state index in [1.165, 1.54) is 6.07 Å². The molecular formula is C17H16FN3. The van der Waals surface area contributed by atoms with E-state index in [1.54, 1.807) is 24.7 Å². The molecule has 1 unspecified atom stereocenters. The van der Waals surface area contributed by atoms with E-state index in [0.29, 0.717) is 0 Å². The van der Waals surface area contributed by atoms with Gasteiger partial charge in [-0.05, 0) is 42.3 Å². The monoisotopic (exact) mass is 281 g/mol. The van der Waals surface area contributed by atoms with Crippen LogP contribution in [0.2, 0.25) is 0 Å². The first-order chi connectivity index (χ1) is 10.2. The molecule has 21 heavy (non-hydrogen) atoms. The normalized spacial score (nSPS) is 12.1. The minimum Gasteiger partial charge on any atom is -0.379 e. The van der Waals surface area contributed by atoms with Crippen molar-refractivity contribution >= 4 is 5.69 Å². The second-order valence-electron chi connectivity index (χ2n) is 4.96. The Morgan fingerprint density at radius 3 is 2.62 bits per heavy atom. The highest BCUT2D eigenvalue weighted by atomic mass is 19.1. The van der Waals surface area contributed by atoms with Crippen LogP contribution in [0, 0.1) is 5.82 Å². The first kappa shape index (κ1) is 13.4. The molecule has 3 rings (SSSR count). The summed E-state index contributed by atoms with van der Waals surface area (Å²) in [5.74, 6) is -0.212. The topological polar surface area (TPSA) is 40.7 Å². The van der Waals surface area contributed by atoms with Crippen LogP contribution < -0.4 is 5.32 Å². The van der Waals surface area contributed by atoms with E-state index in [-0.39, 0.29) is 11.9 Å². The molecule has 1 atom stereocenters. The van der Waals surface area contributed by atoms with Gasteiger partial charge >= 0.3 is 0 Å². The summed E-state index contributed by atoms with van der Waals surface area (Å²) in [6.07, 6.45) is 3.45. The molecular weight excluding hydrogens is 265 g/mol. The Labute approximate surface area is 122 Å². The van der Waals surface area contributed by atoms with E-state index in [4.69, 9.17) is 0 Å². The van der Waals surface area contributed by atoms with Crippen LogP contribution in [0.4, 0.5) is 10.1 Å². The third-order valence-corrected chi connectivity index (χ3v) is 3.43. The highest BCUT2D eigenvalue weighted by molar-refractivity contribution is 5.62. The van der Waals surface area contributed by atoms with Gasteiger partial charge in [-0.25, -0.2) is 9.37 Å². The lowest BCUT2D eigenvalue weighted by atomic mass is 10.1. The smallest absolute Gasteiger partial charge is 0.123 e. The first-order valence-electron chi connectivity index (χ1n) is 6.83. The minimum atomic E-state index is -0.212. The summed E-state index contributed by atoms with van der Waals surface area (Å²) in [7, 11) is 0. The zero-order valence-corrected chi connectivity index (χ0v) is 11.7. The molecule has 4 heteroatoms. The predicted molar refractivity (Wildman–Crippen MR) is 82.5 cm³/mol. The number of nitrogens with one attached hydrogen (secondary N) is 2. The molecule has 0 aliphatic heterocycles. The Bertz CT molecular complexity index is 705. The zero-order valence-electron chi connectivity index (χ0n) is 11.7. The van der Waals surface area contributed by atoms with Crippen LogP contribution in [0.5, 0.6) is 0 Å². The van der Waals surface area contributed by atoms with Gasteiger partial charge in [-0.15, -0.1) is 0 Å². The average molecular weight is 281 g/mol. The highest BCUT2D eigenvalue weighted by Crippen LogP contribution is 2.23. The van der Waals surface area contributed by atoms with Crippen molar-refractivity contribution in [3.05, 3.63) is 72.4 Å². The number of anilines is 1. The quantitative estimate of drug-likeness (QED) is 0.744. The molecule has 0 radical (unpaired) electrons. The third-order valence-electron chi connectivity index (χ3n) is 3.43. The van der Waals surface area contributed by atoms with Gasteiger partial charge in [0.2, 0.25) is 0 Å². The molecule has 0 saturated heterocycles. The summed E-state index contributed by atoms with van der Waals surface area (Å²) in [5, 5.41) is 3.37. The van der Waals surface area contributed by atoms with Gasteiger partial charge in [0.1, 0.15) is 5.82 Å². The summed E-state index contributed by atoms with van der Waals surface area (Å²) in [5.41, 5.74) is 3.99. The van der Waals surface area contributed by atoms with Crippen molar-refractivity contribution < 1.29 is 4.39 Å². The van der Waals surface area contributed by atoms with Gasteiger partial charge in [0.15, 0.2) is 0 Å². The molecule has 3 nitrogen and oxygen atoms in total. The summed E-state index contributed by atoms with van der Waals surface area (Å²) < 4.78 is 13.2. The maximum absolute atomic E-state index is 13.2. The van der Waals surface area contributed by atoms with Crippen molar-refractivity contribution in [2.45, 2.75) is 13.0 Å². The van der Waals surface area contributed by atoms with Crippen molar-refractivity contribution in [1.82, 2.24) is 9.97 Å². The summed E-state index contributed by atoms with van der Waals surface area (Å²) >= 11 is 0. The van der Waals surface area contributed by atoms with Gasteiger partial charge in [0.25, 0.3) is 0 Å². The molecule has 0 aliphatic carbocycles. The fourth-order valence-electron chi connectivity index (χ4n) is 2.27. The van der Waals surface area contributed by atoms with Crippen molar-refractivity contribution in [2.75, 3.05) is 5.32 Å². The molecule has 0 amide bonds. The van der Waals surface area contributed by atoms with Crippen LogP contribution >= 0.6 is 0 Å². The maximum atomic E-state index is 13.2. The SMILES string of the molecule is CC(Nc1ccc(-c2cnc[nH]2)cc1)c1cccc(F)c1. The molecule has 3 aromatic rings. The predicted octanol–water partition coefficient (Wildman–Crippen LogP) is 4.39. The third kappa shape index (κ3) is 3.11. The standard InChI is InChI=1S/C17H16FN3/c1-12(14-3-2-4-15(18)9-14)21-16-7-5-13(6-8-16)17-10-19-11-20-17/h2-12,21H,1H3,(H,19,20). The lowest BCUT2D eigenvalue weighted by molar-refractivity contribution is 0.623. The number of halogens is 1. The summed E-state index contributed by atoms with van der Waals surface area (Å²) in [4.78, 5) is 7.08. The molecule has 1 aromatic heterocycles. The second kappa shape index (κ2) is 5.79. The van der Waals surface area contributed by atoms with Gasteiger partial charge in [0, 0.05) is 11.7 Å². The number of benzene rings is 2. The Kier molecular flexibility index (Phi) is 3.69. The Hall–Kier alpha value is -2.62. The van der Waals surface area contributed by atoms with Gasteiger partial charge in [-0.2, -0.15) is 0 Å². The molecule has 0 saturated carbocycles. The number of hydrogen-bond donors (Lipinski definition) is 2. The molecule has 2 aromatic carbocycles. The van der Waals surface area contributed by atoms with E-state index < -0.39 is 0 Å². The number of aromatic nitrogens is 2. The van der Waals surface area contributed by atoms with E-state index in [2.05, 4.69) is 15.3 Å².